The minimum atomic E-state index is -5.10. The highest BCUT2D eigenvalue weighted by Crippen LogP contribution is 2.26. The van der Waals surface area contributed by atoms with Gasteiger partial charge in [0.1, 0.15) is 17.0 Å². The first kappa shape index (κ1) is 26.7. The summed E-state index contributed by atoms with van der Waals surface area (Å²) in [7, 11) is 0. The van der Waals surface area contributed by atoms with Gasteiger partial charge >= 0.3 is 24.1 Å². The number of rotatable bonds is 8. The molecule has 2 rings (SSSR count). The molecule has 0 fully saturated rings. The Kier molecular flexibility index (Phi) is 8.36. The van der Waals surface area contributed by atoms with Crippen LogP contribution in [0.25, 0.3) is 0 Å². The van der Waals surface area contributed by atoms with Crippen LogP contribution in [-0.2, 0) is 27.2 Å². The van der Waals surface area contributed by atoms with Gasteiger partial charge in [0.25, 0.3) is 0 Å². The third-order valence-corrected chi connectivity index (χ3v) is 4.38. The first-order valence-corrected chi connectivity index (χ1v) is 10.5. The van der Waals surface area contributed by atoms with Crippen LogP contribution < -0.4 is 10.1 Å². The molecule has 186 valence electrons. The summed E-state index contributed by atoms with van der Waals surface area (Å²) >= 11 is 0. The number of aromatic nitrogens is 1. The van der Waals surface area contributed by atoms with Crippen molar-refractivity contribution < 1.29 is 41.8 Å². The molecular formula is C23H27F3N2O6. The smallest absolute Gasteiger partial charge is 0.462 e. The van der Waals surface area contributed by atoms with Gasteiger partial charge in [0.05, 0.1) is 18.7 Å². The van der Waals surface area contributed by atoms with E-state index in [-0.39, 0.29) is 30.2 Å². The van der Waals surface area contributed by atoms with Crippen molar-refractivity contribution in [2.75, 3.05) is 11.9 Å². The van der Waals surface area contributed by atoms with E-state index in [0.29, 0.717) is 23.4 Å². The van der Waals surface area contributed by atoms with E-state index < -0.39 is 29.7 Å². The SMILES string of the molecule is CCOC(=O)c1c(CNc2ccc(OC(=O)C(F)(F)F)cc2)[nH]c(C(=O)OC(C)(C)C)c1CC. The van der Waals surface area contributed by atoms with Crippen LogP contribution in [0.3, 0.4) is 0 Å². The summed E-state index contributed by atoms with van der Waals surface area (Å²) in [5, 5.41) is 3.01. The summed E-state index contributed by atoms with van der Waals surface area (Å²) in [6, 6.07) is 5.19. The molecule has 0 amide bonds. The average Bonchev–Trinajstić information content (AvgIpc) is 3.10. The van der Waals surface area contributed by atoms with E-state index in [1.807, 2.05) is 0 Å². The first-order valence-electron chi connectivity index (χ1n) is 10.5. The van der Waals surface area contributed by atoms with Gasteiger partial charge in [-0.2, -0.15) is 13.2 Å². The monoisotopic (exact) mass is 484 g/mol. The van der Waals surface area contributed by atoms with Crippen molar-refractivity contribution in [3.8, 4) is 5.75 Å². The van der Waals surface area contributed by atoms with E-state index in [4.69, 9.17) is 9.47 Å². The zero-order valence-corrected chi connectivity index (χ0v) is 19.5. The number of alkyl halides is 3. The molecule has 11 heteroatoms. The fraction of sp³-hybridized carbons (Fsp3) is 0.435. The number of esters is 3. The maximum atomic E-state index is 12.7. The molecule has 2 aromatic rings. The van der Waals surface area contributed by atoms with Crippen LogP contribution in [0.15, 0.2) is 24.3 Å². The Morgan fingerprint density at radius 1 is 1.00 bits per heavy atom. The number of H-pyrrole nitrogens is 1. The normalized spacial score (nSPS) is 11.6. The average molecular weight is 484 g/mol. The Balaban J connectivity index is 2.27. The Labute approximate surface area is 194 Å². The molecule has 0 saturated heterocycles. The third-order valence-electron chi connectivity index (χ3n) is 4.38. The first-order chi connectivity index (χ1) is 15.8. The minimum absolute atomic E-state index is 0.0611. The number of halogens is 3. The van der Waals surface area contributed by atoms with Crippen molar-refractivity contribution in [2.45, 2.75) is 59.4 Å². The van der Waals surface area contributed by atoms with Crippen LogP contribution in [0.4, 0.5) is 18.9 Å². The Hall–Kier alpha value is -3.50. The van der Waals surface area contributed by atoms with Gasteiger partial charge in [-0.15, -0.1) is 0 Å². The summed E-state index contributed by atoms with van der Waals surface area (Å²) in [6.07, 6.45) is -4.74. The molecule has 2 N–H and O–H groups in total. The molecule has 0 unspecified atom stereocenters. The van der Waals surface area contributed by atoms with Gasteiger partial charge in [-0.3, -0.25) is 0 Å². The molecule has 8 nitrogen and oxygen atoms in total. The molecule has 1 aromatic carbocycles. The van der Waals surface area contributed by atoms with Crippen molar-refractivity contribution in [2.24, 2.45) is 0 Å². The van der Waals surface area contributed by atoms with Crippen molar-refractivity contribution in [3.05, 3.63) is 46.8 Å². The summed E-state index contributed by atoms with van der Waals surface area (Å²) < 4.78 is 51.9. The predicted molar refractivity (Wildman–Crippen MR) is 117 cm³/mol. The number of hydrogen-bond acceptors (Lipinski definition) is 7. The molecular weight excluding hydrogens is 457 g/mol. The quantitative estimate of drug-likeness (QED) is 0.410. The van der Waals surface area contributed by atoms with Crippen molar-refractivity contribution in [1.29, 1.82) is 0 Å². The lowest BCUT2D eigenvalue weighted by molar-refractivity contribution is -0.189. The van der Waals surface area contributed by atoms with Crippen LogP contribution in [-0.4, -0.2) is 41.3 Å². The van der Waals surface area contributed by atoms with E-state index >= 15 is 0 Å². The number of ether oxygens (including phenoxy) is 3. The van der Waals surface area contributed by atoms with Gasteiger partial charge in [0, 0.05) is 11.4 Å². The topological polar surface area (TPSA) is 107 Å². The lowest BCUT2D eigenvalue weighted by Gasteiger charge is -2.19. The Bertz CT molecular complexity index is 1040. The minimum Gasteiger partial charge on any atom is -0.462 e. The number of aromatic amines is 1. The number of carbonyl (C=O) groups excluding carboxylic acids is 3. The molecule has 0 aliphatic rings. The molecule has 0 saturated carbocycles. The van der Waals surface area contributed by atoms with Crippen LogP contribution in [0, 0.1) is 0 Å². The second-order valence-corrected chi connectivity index (χ2v) is 8.17. The highest BCUT2D eigenvalue weighted by molar-refractivity contribution is 5.99. The lowest BCUT2D eigenvalue weighted by Crippen LogP contribution is -2.27. The molecule has 0 radical (unpaired) electrons. The van der Waals surface area contributed by atoms with E-state index in [9.17, 15) is 27.6 Å². The summed E-state index contributed by atoms with van der Waals surface area (Å²) in [4.78, 5) is 39.2. The molecule has 0 bridgehead atoms. The number of carbonyl (C=O) groups is 3. The van der Waals surface area contributed by atoms with E-state index in [2.05, 4.69) is 15.0 Å². The lowest BCUT2D eigenvalue weighted by atomic mass is 10.1. The number of nitrogens with one attached hydrogen (secondary N) is 2. The number of benzene rings is 1. The predicted octanol–water partition coefficient (Wildman–Crippen LogP) is 4.79. The fourth-order valence-corrected chi connectivity index (χ4v) is 3.03. The van der Waals surface area contributed by atoms with Crippen LogP contribution in [0.2, 0.25) is 0 Å². The summed E-state index contributed by atoms with van der Waals surface area (Å²) in [5.41, 5.74) is 0.920. The van der Waals surface area contributed by atoms with Crippen LogP contribution >= 0.6 is 0 Å². The molecule has 0 atom stereocenters. The fourth-order valence-electron chi connectivity index (χ4n) is 3.03. The maximum Gasteiger partial charge on any atom is 0.491 e. The van der Waals surface area contributed by atoms with Gasteiger partial charge in [-0.1, -0.05) is 6.92 Å². The Morgan fingerprint density at radius 2 is 1.62 bits per heavy atom. The number of hydrogen-bond donors (Lipinski definition) is 2. The molecule has 34 heavy (non-hydrogen) atoms. The highest BCUT2D eigenvalue weighted by atomic mass is 19.4. The standard InChI is InChI=1S/C23H27F3N2O6/c1-6-15-17(19(29)32-7-2)16(28-18(15)20(30)34-22(3,4)5)12-27-13-8-10-14(11-9-13)33-21(31)23(24,25)26/h8-11,27-28H,6-7,12H2,1-5H3. The zero-order chi connectivity index (χ0) is 25.7. The largest absolute Gasteiger partial charge is 0.491 e. The van der Waals surface area contributed by atoms with Crippen LogP contribution in [0.5, 0.6) is 5.75 Å². The van der Waals surface area contributed by atoms with Crippen LogP contribution in [0.1, 0.15) is 66.7 Å². The van der Waals surface area contributed by atoms with Gasteiger partial charge in [0.15, 0.2) is 0 Å². The van der Waals surface area contributed by atoms with Crippen molar-refractivity contribution in [3.63, 3.8) is 0 Å². The van der Waals surface area contributed by atoms with Gasteiger partial charge < -0.3 is 24.5 Å². The molecule has 1 heterocycles. The maximum absolute atomic E-state index is 12.7. The second-order valence-electron chi connectivity index (χ2n) is 8.17. The van der Waals surface area contributed by atoms with Gasteiger partial charge in [0.2, 0.25) is 0 Å². The Morgan fingerprint density at radius 3 is 2.12 bits per heavy atom. The second kappa shape index (κ2) is 10.6. The highest BCUT2D eigenvalue weighted by Gasteiger charge is 2.41. The van der Waals surface area contributed by atoms with E-state index in [1.54, 1.807) is 34.6 Å². The van der Waals surface area contributed by atoms with Crippen molar-refractivity contribution in [1.82, 2.24) is 4.98 Å². The number of anilines is 1. The van der Waals surface area contributed by atoms with E-state index in [0.717, 1.165) is 0 Å². The summed E-state index contributed by atoms with van der Waals surface area (Å²) in [6.45, 7) is 8.83. The van der Waals surface area contributed by atoms with E-state index in [1.165, 1.54) is 24.3 Å². The molecule has 1 aromatic heterocycles. The van der Waals surface area contributed by atoms with Crippen molar-refractivity contribution >= 4 is 23.6 Å². The zero-order valence-electron chi connectivity index (χ0n) is 19.5. The van der Waals surface area contributed by atoms with Gasteiger partial charge in [-0.25, -0.2) is 14.4 Å². The summed E-state index contributed by atoms with van der Waals surface area (Å²) in [5.74, 6) is -3.81. The molecule has 0 spiro atoms. The van der Waals surface area contributed by atoms with Gasteiger partial charge in [-0.05, 0) is 63.9 Å². The third kappa shape index (κ3) is 7.00. The molecule has 0 aliphatic heterocycles. The molecule has 0 aliphatic carbocycles.